The van der Waals surface area contributed by atoms with E-state index in [1.807, 2.05) is 19.2 Å². The van der Waals surface area contributed by atoms with Gasteiger partial charge in [-0.2, -0.15) is 0 Å². The summed E-state index contributed by atoms with van der Waals surface area (Å²) in [6.45, 7) is 4.91. The molecule has 0 amide bonds. The first-order valence-corrected chi connectivity index (χ1v) is 13.1. The van der Waals surface area contributed by atoms with Crippen molar-refractivity contribution in [3.63, 3.8) is 0 Å². The van der Waals surface area contributed by atoms with Crippen molar-refractivity contribution in [1.82, 2.24) is 19.9 Å². The predicted molar refractivity (Wildman–Crippen MR) is 152 cm³/mol. The van der Waals surface area contributed by atoms with E-state index in [0.29, 0.717) is 17.3 Å². The van der Waals surface area contributed by atoms with E-state index in [2.05, 4.69) is 57.1 Å². The van der Waals surface area contributed by atoms with E-state index in [1.54, 1.807) is 24.5 Å². The van der Waals surface area contributed by atoms with E-state index < -0.39 is 5.97 Å². The fourth-order valence-corrected chi connectivity index (χ4v) is 4.73. The first-order chi connectivity index (χ1) is 19.8. The molecular formula is C27H30N10NiO4. The minimum Gasteiger partial charge on any atom is -0.506 e. The van der Waals surface area contributed by atoms with Crippen molar-refractivity contribution in [2.75, 3.05) is 36.5 Å². The standard InChI is InChI=1S/C15H17N5O3.C12H13N5O.Ni/c1-2-20-5-3-4-9-6-10(13(21)7-12(9)20)18-19-15-16-8-11(17-15)14(22)23;1-17-5-2-8-6-9(11(18)7-10(8)17)15-16-12-13-3-4-14-12;/h6-8,21H,2-5H2,1H3,(H,16,17)(H,22,23);3-4,6-7,18H,2,5H2,1H3,(H,13,14);. The zero-order chi connectivity index (χ0) is 28.9. The van der Waals surface area contributed by atoms with Crippen molar-refractivity contribution in [1.29, 1.82) is 0 Å². The SMILES string of the molecule is CCN1CCCc2cc(N=Nc3ncc(C(=O)O)[nH]3)c(O)cc21.CN1CCc2cc(N=Nc3ncc[nH]3)c(O)cc21.[Ni]. The maximum absolute atomic E-state index is 10.8. The number of aromatic nitrogens is 4. The number of hydrogen-bond acceptors (Lipinski definition) is 11. The molecule has 0 saturated heterocycles. The third-order valence-corrected chi connectivity index (χ3v) is 6.86. The number of likely N-dealkylation sites (N-methyl/N-ethyl adjacent to an activating group) is 1. The van der Waals surface area contributed by atoms with Gasteiger partial charge < -0.3 is 35.1 Å². The number of aromatic amines is 2. The Labute approximate surface area is 251 Å². The van der Waals surface area contributed by atoms with Gasteiger partial charge in [-0.25, -0.2) is 14.8 Å². The van der Waals surface area contributed by atoms with Crippen molar-refractivity contribution < 1.29 is 36.6 Å². The molecule has 15 heteroatoms. The number of nitrogens with one attached hydrogen (secondary N) is 2. The number of carboxylic acids is 1. The number of hydrogen-bond donors (Lipinski definition) is 5. The summed E-state index contributed by atoms with van der Waals surface area (Å²) in [4.78, 5) is 28.2. The molecule has 5 N–H and O–H groups in total. The Bertz CT molecular complexity index is 1600. The average Bonchev–Trinajstić information content (AvgIpc) is 3.73. The van der Waals surface area contributed by atoms with E-state index in [4.69, 9.17) is 5.11 Å². The number of H-pyrrole nitrogens is 2. The second-order valence-corrected chi connectivity index (χ2v) is 9.53. The molecule has 0 bridgehead atoms. The third kappa shape index (κ3) is 6.74. The number of phenolic OH excluding ortho intramolecular Hbond substituents is 2. The van der Waals surface area contributed by atoms with Gasteiger partial charge in [-0.15, -0.1) is 20.5 Å². The van der Waals surface area contributed by atoms with Gasteiger partial charge >= 0.3 is 5.97 Å². The number of rotatable bonds is 6. The number of aromatic hydroxyl groups is 2. The van der Waals surface area contributed by atoms with Crippen LogP contribution in [0.5, 0.6) is 11.5 Å². The van der Waals surface area contributed by atoms with Crippen LogP contribution in [-0.4, -0.2) is 67.9 Å². The van der Waals surface area contributed by atoms with Crippen LogP contribution in [0, 0.1) is 0 Å². The van der Waals surface area contributed by atoms with E-state index in [9.17, 15) is 15.0 Å². The molecule has 0 spiro atoms. The molecule has 6 rings (SSSR count). The normalized spacial score (nSPS) is 14.0. The van der Waals surface area contributed by atoms with Crippen LogP contribution in [0.1, 0.15) is 35.0 Å². The van der Waals surface area contributed by atoms with Crippen LogP contribution < -0.4 is 9.80 Å². The van der Waals surface area contributed by atoms with Gasteiger partial charge in [0.1, 0.15) is 28.6 Å². The zero-order valence-corrected chi connectivity index (χ0v) is 23.9. The number of benzene rings is 2. The smallest absolute Gasteiger partial charge is 0.354 e. The van der Waals surface area contributed by atoms with Crippen LogP contribution in [0.4, 0.5) is 34.6 Å². The number of aromatic carboxylic acids is 1. The molecule has 4 aromatic rings. The summed E-state index contributed by atoms with van der Waals surface area (Å²) in [7, 11) is 2.01. The van der Waals surface area contributed by atoms with Crippen LogP contribution in [-0.2, 0) is 29.3 Å². The number of carboxylic acid groups (broad SMARTS) is 1. The minimum atomic E-state index is -1.12. The molecule has 2 aliphatic rings. The van der Waals surface area contributed by atoms with Gasteiger partial charge in [0, 0.05) is 79.1 Å². The minimum absolute atomic E-state index is 0. The number of fused-ring (bicyclic) bond motifs is 2. The molecule has 2 aliphatic heterocycles. The molecule has 0 radical (unpaired) electrons. The van der Waals surface area contributed by atoms with Gasteiger partial charge in [0.15, 0.2) is 0 Å². The molecule has 222 valence electrons. The Balaban J connectivity index is 0.000000193. The Kier molecular flexibility index (Phi) is 9.53. The fourth-order valence-electron chi connectivity index (χ4n) is 4.73. The number of imidazole rings is 2. The number of anilines is 2. The largest absolute Gasteiger partial charge is 0.506 e. The number of nitrogens with zero attached hydrogens (tertiary/aromatic N) is 8. The van der Waals surface area contributed by atoms with Crippen molar-refractivity contribution in [2.45, 2.75) is 26.2 Å². The van der Waals surface area contributed by atoms with Gasteiger partial charge in [-0.3, -0.25) is 0 Å². The maximum atomic E-state index is 10.8. The van der Waals surface area contributed by atoms with Gasteiger partial charge in [0.05, 0.1) is 6.20 Å². The molecular weight excluding hydrogens is 587 g/mol. The average molecular weight is 617 g/mol. The van der Waals surface area contributed by atoms with E-state index in [0.717, 1.165) is 55.8 Å². The molecule has 2 aromatic heterocycles. The fraction of sp³-hybridized carbons (Fsp3) is 0.296. The van der Waals surface area contributed by atoms with Gasteiger partial charge in [0.25, 0.3) is 0 Å². The van der Waals surface area contributed by atoms with Crippen molar-refractivity contribution in [3.05, 3.63) is 59.7 Å². The summed E-state index contributed by atoms with van der Waals surface area (Å²) in [5.74, 6) is -0.437. The Morgan fingerprint density at radius 1 is 0.929 bits per heavy atom. The monoisotopic (exact) mass is 616 g/mol. The number of carbonyl (C=O) groups is 1. The molecule has 4 heterocycles. The van der Waals surface area contributed by atoms with Crippen LogP contribution in [0.2, 0.25) is 0 Å². The summed E-state index contributed by atoms with van der Waals surface area (Å²) >= 11 is 0. The van der Waals surface area contributed by atoms with Crippen LogP contribution in [0.15, 0.2) is 63.3 Å². The molecule has 0 aliphatic carbocycles. The second-order valence-electron chi connectivity index (χ2n) is 9.53. The van der Waals surface area contributed by atoms with Gasteiger partial charge in [0.2, 0.25) is 11.9 Å². The summed E-state index contributed by atoms with van der Waals surface area (Å²) < 4.78 is 0. The maximum Gasteiger partial charge on any atom is 0.354 e. The van der Waals surface area contributed by atoms with Crippen molar-refractivity contribution in [2.24, 2.45) is 20.5 Å². The van der Waals surface area contributed by atoms with Gasteiger partial charge in [-0.05, 0) is 49.4 Å². The Morgan fingerprint density at radius 3 is 2.21 bits per heavy atom. The summed E-state index contributed by atoms with van der Waals surface area (Å²) in [6.07, 6.45) is 7.40. The third-order valence-electron chi connectivity index (χ3n) is 6.86. The van der Waals surface area contributed by atoms with Crippen LogP contribution in [0.25, 0.3) is 0 Å². The van der Waals surface area contributed by atoms with Crippen molar-refractivity contribution in [3.8, 4) is 11.5 Å². The first kappa shape index (κ1) is 30.2. The second kappa shape index (κ2) is 13.3. The molecule has 0 saturated carbocycles. The number of azo groups is 2. The molecule has 0 fully saturated rings. The number of aryl methyl sites for hydroxylation is 1. The quantitative estimate of drug-likeness (QED) is 0.138. The summed E-state index contributed by atoms with van der Waals surface area (Å²) in [6, 6.07) is 7.13. The van der Waals surface area contributed by atoms with Crippen LogP contribution in [0.3, 0.4) is 0 Å². The molecule has 14 nitrogen and oxygen atoms in total. The predicted octanol–water partition coefficient (Wildman–Crippen LogP) is 5.52. The molecule has 0 unspecified atom stereocenters. The van der Waals surface area contributed by atoms with Crippen LogP contribution >= 0.6 is 0 Å². The Morgan fingerprint density at radius 2 is 1.60 bits per heavy atom. The van der Waals surface area contributed by atoms with E-state index in [-0.39, 0.29) is 39.6 Å². The first-order valence-electron chi connectivity index (χ1n) is 13.1. The topological polar surface area (TPSA) is 191 Å². The zero-order valence-electron chi connectivity index (χ0n) is 22.9. The molecule has 42 heavy (non-hydrogen) atoms. The number of phenols is 2. The summed E-state index contributed by atoms with van der Waals surface area (Å²) in [5, 5.41) is 44.6. The van der Waals surface area contributed by atoms with Crippen molar-refractivity contribution >= 4 is 40.6 Å². The van der Waals surface area contributed by atoms with E-state index >= 15 is 0 Å². The summed E-state index contributed by atoms with van der Waals surface area (Å²) in [5.41, 5.74) is 5.15. The van der Waals surface area contributed by atoms with Gasteiger partial charge in [-0.1, -0.05) is 0 Å². The Hall–Kier alpha value is -4.78. The van der Waals surface area contributed by atoms with E-state index in [1.165, 1.54) is 11.8 Å². The molecule has 2 aromatic carbocycles. The molecule has 0 atom stereocenters.